The van der Waals surface area contributed by atoms with Gasteiger partial charge in [-0.25, -0.2) is 0 Å². The average Bonchev–Trinajstić information content (AvgIpc) is 3.00. The second-order valence-corrected chi connectivity index (χ2v) is 10.2. The van der Waals surface area contributed by atoms with Crippen molar-refractivity contribution in [3.8, 4) is 0 Å². The fourth-order valence-corrected chi connectivity index (χ4v) is 7.09. The Morgan fingerprint density at radius 2 is 1.94 bits per heavy atom. The van der Waals surface area contributed by atoms with Crippen molar-refractivity contribution in [1.82, 2.24) is 0 Å². The van der Waals surface area contributed by atoms with Crippen LogP contribution in [0.15, 0.2) is 23.3 Å². The zero-order valence-electron chi connectivity index (χ0n) is 18.2. The zero-order valence-corrected chi connectivity index (χ0v) is 18.2. The van der Waals surface area contributed by atoms with Crippen molar-refractivity contribution in [2.24, 2.45) is 34.5 Å². The van der Waals surface area contributed by atoms with Crippen LogP contribution in [0.25, 0.3) is 0 Å². The third-order valence-electron chi connectivity index (χ3n) is 8.58. The third kappa shape index (κ3) is 3.48. The molecule has 0 saturated heterocycles. The largest absolute Gasteiger partial charge is 0.458 e. The van der Waals surface area contributed by atoms with E-state index in [2.05, 4.69) is 13.0 Å². The van der Waals surface area contributed by atoms with Crippen molar-refractivity contribution in [3.05, 3.63) is 23.3 Å². The summed E-state index contributed by atoms with van der Waals surface area (Å²) in [7, 11) is 0. The van der Waals surface area contributed by atoms with Crippen LogP contribution in [0.4, 0.5) is 13.2 Å². The summed E-state index contributed by atoms with van der Waals surface area (Å²) in [6.45, 7) is 4.46. The molecule has 0 aromatic rings. The minimum Gasteiger partial charge on any atom is -0.458 e. The Bertz CT molecular complexity index is 886. The summed E-state index contributed by atoms with van der Waals surface area (Å²) in [6.07, 6.45) is 2.20. The van der Waals surface area contributed by atoms with E-state index in [4.69, 9.17) is 4.74 Å². The van der Waals surface area contributed by atoms with Crippen LogP contribution < -0.4 is 0 Å². The molecule has 4 rings (SSSR count). The van der Waals surface area contributed by atoms with Crippen molar-refractivity contribution >= 4 is 17.5 Å². The fraction of sp³-hybridized carbons (Fsp3) is 0.708. The van der Waals surface area contributed by atoms with Gasteiger partial charge in [-0.05, 0) is 55.4 Å². The highest BCUT2D eigenvalue weighted by Gasteiger charge is 2.65. The Kier molecular flexibility index (Phi) is 5.25. The van der Waals surface area contributed by atoms with Gasteiger partial charge < -0.3 is 4.74 Å². The molecule has 0 aliphatic heterocycles. The number of Topliss-reactive ketones (excluding diaryl/α,β-unsaturated/α-hetero) is 1. The van der Waals surface area contributed by atoms with Gasteiger partial charge in [0.15, 0.2) is 11.6 Å². The molecule has 0 amide bonds. The van der Waals surface area contributed by atoms with E-state index in [1.165, 1.54) is 0 Å². The van der Waals surface area contributed by atoms with E-state index in [0.717, 1.165) is 18.1 Å². The van der Waals surface area contributed by atoms with Crippen molar-refractivity contribution in [3.63, 3.8) is 0 Å². The highest BCUT2D eigenvalue weighted by molar-refractivity contribution is 5.92. The lowest BCUT2D eigenvalue weighted by Crippen LogP contribution is -2.47. The normalized spacial score (nSPS) is 39.6. The molecule has 0 aromatic heterocycles. The zero-order chi connectivity index (χ0) is 22.8. The second kappa shape index (κ2) is 7.31. The van der Waals surface area contributed by atoms with Crippen molar-refractivity contribution < 1.29 is 32.3 Å². The van der Waals surface area contributed by atoms with E-state index < -0.39 is 41.8 Å². The molecule has 6 atom stereocenters. The number of ketones is 2. The fourth-order valence-electron chi connectivity index (χ4n) is 7.09. The summed E-state index contributed by atoms with van der Waals surface area (Å²) >= 11 is 0. The van der Waals surface area contributed by atoms with Gasteiger partial charge in [0, 0.05) is 24.7 Å². The molecular weight excluding hydrogens is 409 g/mol. The Hall–Kier alpha value is -1.92. The summed E-state index contributed by atoms with van der Waals surface area (Å²) in [5.74, 6) is -4.41. The van der Waals surface area contributed by atoms with Gasteiger partial charge in [-0.2, -0.15) is 13.2 Å². The monoisotopic (exact) mass is 438 g/mol. The van der Waals surface area contributed by atoms with E-state index >= 15 is 0 Å². The van der Waals surface area contributed by atoms with Gasteiger partial charge in [-0.1, -0.05) is 31.1 Å². The molecule has 2 saturated carbocycles. The predicted molar refractivity (Wildman–Crippen MR) is 107 cm³/mol. The number of hydrogen-bond donors (Lipinski definition) is 0. The summed E-state index contributed by atoms with van der Waals surface area (Å²) < 4.78 is 47.0. The molecule has 0 aromatic carbocycles. The minimum absolute atomic E-state index is 0.0227. The Balaban J connectivity index is 1.72. The molecule has 0 bridgehead atoms. The quantitative estimate of drug-likeness (QED) is 0.461. The van der Waals surface area contributed by atoms with E-state index in [9.17, 15) is 27.6 Å². The van der Waals surface area contributed by atoms with Crippen LogP contribution in [0.3, 0.4) is 0 Å². The molecule has 31 heavy (non-hydrogen) atoms. The highest BCUT2D eigenvalue weighted by Crippen LogP contribution is 2.67. The lowest BCUT2D eigenvalue weighted by Gasteiger charge is -2.53. The number of alkyl halides is 3. The number of ether oxygens (including phenoxy) is 1. The standard InChI is InChI=1S/C24H29F3O4/c1-13(28)31-12-20(30)21-19(24(25,26)27)11-18-16-5-4-14-10-15(29)6-8-22(14,2)17(16)7-9-23(18,21)3/h7,10,16,18-19,21H,4-6,8-9,11-12H2,1-3H3/t16?,18?,19-,21-,22+,23+/m1/s1. The SMILES string of the molecule is CC(=O)OCC(=O)[C@H]1[C@H](C(F)(F)F)CC2C3CCC4=CC(=O)CC[C@]4(C)C3=CC[C@@]21C. The Morgan fingerprint density at radius 3 is 2.58 bits per heavy atom. The van der Waals surface area contributed by atoms with E-state index in [-0.39, 0.29) is 29.5 Å². The smallest absolute Gasteiger partial charge is 0.392 e. The van der Waals surface area contributed by atoms with Crippen molar-refractivity contribution in [2.75, 3.05) is 6.61 Å². The number of fused-ring (bicyclic) bond motifs is 5. The molecule has 4 aliphatic rings. The van der Waals surface area contributed by atoms with E-state index in [1.54, 1.807) is 6.08 Å². The van der Waals surface area contributed by atoms with Gasteiger partial charge in [0.25, 0.3) is 0 Å². The van der Waals surface area contributed by atoms with Gasteiger partial charge in [-0.3, -0.25) is 14.4 Å². The van der Waals surface area contributed by atoms with Gasteiger partial charge in [0.1, 0.15) is 6.61 Å². The number of allylic oxidation sites excluding steroid dienone is 4. The van der Waals surface area contributed by atoms with E-state index in [0.29, 0.717) is 32.1 Å². The first-order valence-corrected chi connectivity index (χ1v) is 11.0. The van der Waals surface area contributed by atoms with Crippen LogP contribution in [0, 0.1) is 34.5 Å². The topological polar surface area (TPSA) is 60.4 Å². The maximum absolute atomic E-state index is 14.1. The molecule has 4 nitrogen and oxygen atoms in total. The van der Waals surface area contributed by atoms with Crippen LogP contribution in [0.1, 0.15) is 59.3 Å². The molecule has 0 N–H and O–H groups in total. The third-order valence-corrected chi connectivity index (χ3v) is 8.58. The number of hydrogen-bond acceptors (Lipinski definition) is 4. The maximum atomic E-state index is 14.1. The molecule has 2 unspecified atom stereocenters. The van der Waals surface area contributed by atoms with Gasteiger partial charge in [0.2, 0.25) is 0 Å². The molecule has 170 valence electrons. The number of carbonyl (C=O) groups excluding carboxylic acids is 3. The number of rotatable bonds is 3. The van der Waals surface area contributed by atoms with Crippen LogP contribution in [-0.2, 0) is 19.1 Å². The van der Waals surface area contributed by atoms with Crippen LogP contribution in [-0.4, -0.2) is 30.3 Å². The molecule has 0 heterocycles. The van der Waals surface area contributed by atoms with Gasteiger partial charge in [0.05, 0.1) is 5.92 Å². The van der Waals surface area contributed by atoms with Crippen molar-refractivity contribution in [1.29, 1.82) is 0 Å². The number of esters is 1. The average molecular weight is 438 g/mol. The minimum atomic E-state index is -4.49. The summed E-state index contributed by atoms with van der Waals surface area (Å²) in [4.78, 5) is 36.0. The lowest BCUT2D eigenvalue weighted by atomic mass is 9.51. The predicted octanol–water partition coefficient (Wildman–Crippen LogP) is 4.98. The lowest BCUT2D eigenvalue weighted by molar-refractivity contribution is -0.191. The first-order chi connectivity index (χ1) is 14.4. The van der Waals surface area contributed by atoms with Crippen LogP contribution in [0.2, 0.25) is 0 Å². The van der Waals surface area contributed by atoms with Crippen LogP contribution in [0.5, 0.6) is 0 Å². The van der Waals surface area contributed by atoms with Crippen LogP contribution >= 0.6 is 0 Å². The molecular formula is C24H29F3O4. The Labute approximate surface area is 180 Å². The van der Waals surface area contributed by atoms with Crippen molar-refractivity contribution in [2.45, 2.75) is 65.5 Å². The summed E-state index contributed by atoms with van der Waals surface area (Å²) in [6, 6.07) is 0. The molecule has 0 spiro atoms. The summed E-state index contributed by atoms with van der Waals surface area (Å²) in [5.41, 5.74) is 1.16. The van der Waals surface area contributed by atoms with Gasteiger partial charge in [-0.15, -0.1) is 0 Å². The molecule has 2 fully saturated rings. The first kappa shape index (κ1) is 22.3. The molecule has 4 aliphatic carbocycles. The molecule has 0 radical (unpaired) electrons. The Morgan fingerprint density at radius 1 is 1.23 bits per heavy atom. The molecule has 7 heteroatoms. The number of carbonyl (C=O) groups is 3. The number of halogens is 3. The van der Waals surface area contributed by atoms with Gasteiger partial charge >= 0.3 is 12.1 Å². The highest BCUT2D eigenvalue weighted by atomic mass is 19.4. The second-order valence-electron chi connectivity index (χ2n) is 10.2. The summed E-state index contributed by atoms with van der Waals surface area (Å²) in [5, 5.41) is 0. The first-order valence-electron chi connectivity index (χ1n) is 11.0. The maximum Gasteiger partial charge on any atom is 0.392 e. The van der Waals surface area contributed by atoms with E-state index in [1.807, 2.05) is 6.92 Å².